The van der Waals surface area contributed by atoms with E-state index in [1.54, 1.807) is 11.3 Å². The molecule has 1 saturated heterocycles. The summed E-state index contributed by atoms with van der Waals surface area (Å²) in [6.07, 6.45) is 0. The maximum atomic E-state index is 12.9. The summed E-state index contributed by atoms with van der Waals surface area (Å²) in [5.41, 5.74) is 3.30. The van der Waals surface area contributed by atoms with Gasteiger partial charge in [0.15, 0.2) is 0 Å². The topological polar surface area (TPSA) is 53.6 Å². The summed E-state index contributed by atoms with van der Waals surface area (Å²) in [6.45, 7) is 12.5. The number of anilines is 1. The first-order chi connectivity index (χ1) is 14.0. The van der Waals surface area contributed by atoms with E-state index in [1.165, 1.54) is 16.0 Å². The summed E-state index contributed by atoms with van der Waals surface area (Å²) in [5.74, 6) is 0.687. The van der Waals surface area contributed by atoms with Crippen LogP contribution < -0.4 is 10.6 Å². The number of nitrogens with zero attached hydrogens (tertiary/aromatic N) is 1. The summed E-state index contributed by atoms with van der Waals surface area (Å²) in [5, 5.41) is 8.37. The number of para-hydroxylation sites is 1. The molecule has 1 aromatic carbocycles. The molecule has 2 aromatic rings. The molecule has 0 radical (unpaired) electrons. The molecule has 29 heavy (non-hydrogen) atoms. The number of urea groups is 1. The molecule has 1 aliphatic rings. The van der Waals surface area contributed by atoms with E-state index in [-0.39, 0.29) is 12.1 Å². The van der Waals surface area contributed by atoms with Gasteiger partial charge in [0.05, 0.1) is 19.3 Å². The van der Waals surface area contributed by atoms with Crippen molar-refractivity contribution in [1.29, 1.82) is 0 Å². The van der Waals surface area contributed by atoms with E-state index in [1.807, 2.05) is 0 Å². The molecule has 0 aliphatic carbocycles. The summed E-state index contributed by atoms with van der Waals surface area (Å²) in [7, 11) is 0. The molecule has 1 aromatic heterocycles. The van der Waals surface area contributed by atoms with Crippen LogP contribution in [0.2, 0.25) is 0 Å². The fraction of sp³-hybridized carbons (Fsp3) is 0.522. The number of hydrogen-bond donors (Lipinski definition) is 2. The predicted octanol–water partition coefficient (Wildman–Crippen LogP) is 5.19. The average molecular weight is 416 g/mol. The second kappa shape index (κ2) is 10.2. The number of benzene rings is 1. The number of carbonyl (C=O) groups is 1. The van der Waals surface area contributed by atoms with Gasteiger partial charge in [-0.25, -0.2) is 4.79 Å². The fourth-order valence-corrected chi connectivity index (χ4v) is 4.68. The van der Waals surface area contributed by atoms with Gasteiger partial charge in [-0.05, 0) is 34.4 Å². The van der Waals surface area contributed by atoms with Crippen molar-refractivity contribution in [3.8, 4) is 0 Å². The predicted molar refractivity (Wildman–Crippen MR) is 121 cm³/mol. The second-order valence-corrected chi connectivity index (χ2v) is 9.11. The van der Waals surface area contributed by atoms with Crippen LogP contribution >= 0.6 is 11.3 Å². The van der Waals surface area contributed by atoms with Crippen molar-refractivity contribution in [2.24, 2.45) is 0 Å². The third-order valence-electron chi connectivity index (χ3n) is 5.43. The van der Waals surface area contributed by atoms with Gasteiger partial charge in [-0.2, -0.15) is 0 Å². The Morgan fingerprint density at radius 3 is 2.28 bits per heavy atom. The molecule has 158 valence electrons. The van der Waals surface area contributed by atoms with Crippen LogP contribution in [0.25, 0.3) is 0 Å². The zero-order valence-electron chi connectivity index (χ0n) is 17.9. The molecule has 2 heterocycles. The molecular weight excluding hydrogens is 382 g/mol. The van der Waals surface area contributed by atoms with Crippen molar-refractivity contribution >= 4 is 23.1 Å². The Balaban J connectivity index is 1.71. The normalized spacial score (nSPS) is 16.2. The smallest absolute Gasteiger partial charge is 0.319 e. The number of carbonyl (C=O) groups excluding carboxylic acids is 1. The van der Waals surface area contributed by atoms with Gasteiger partial charge in [0, 0.05) is 30.2 Å². The van der Waals surface area contributed by atoms with Crippen LogP contribution in [0.5, 0.6) is 0 Å². The van der Waals surface area contributed by atoms with Crippen molar-refractivity contribution in [3.63, 3.8) is 0 Å². The summed E-state index contributed by atoms with van der Waals surface area (Å²) >= 11 is 1.74. The number of amides is 2. The van der Waals surface area contributed by atoms with E-state index in [2.05, 4.69) is 78.9 Å². The lowest BCUT2D eigenvalue weighted by atomic mass is 9.93. The maximum Gasteiger partial charge on any atom is 0.319 e. The van der Waals surface area contributed by atoms with E-state index in [0.717, 1.165) is 32.0 Å². The molecule has 1 atom stereocenters. The first kappa shape index (κ1) is 21.8. The van der Waals surface area contributed by atoms with Gasteiger partial charge in [0.1, 0.15) is 0 Å². The van der Waals surface area contributed by atoms with Crippen molar-refractivity contribution in [3.05, 3.63) is 51.7 Å². The lowest BCUT2D eigenvalue weighted by Crippen LogP contribution is -2.44. The first-order valence-electron chi connectivity index (χ1n) is 10.5. The largest absolute Gasteiger partial charge is 0.379 e. The van der Waals surface area contributed by atoms with E-state index in [9.17, 15) is 4.79 Å². The zero-order chi connectivity index (χ0) is 20.8. The number of thiophene rings is 1. The molecule has 2 N–H and O–H groups in total. The highest BCUT2D eigenvalue weighted by Crippen LogP contribution is 2.32. The number of nitrogens with one attached hydrogen (secondary N) is 2. The zero-order valence-corrected chi connectivity index (χ0v) is 18.7. The van der Waals surface area contributed by atoms with Crippen molar-refractivity contribution in [1.82, 2.24) is 10.2 Å². The van der Waals surface area contributed by atoms with E-state index in [4.69, 9.17) is 4.74 Å². The summed E-state index contributed by atoms with van der Waals surface area (Å²) in [4.78, 5) is 16.5. The van der Waals surface area contributed by atoms with Crippen LogP contribution in [-0.2, 0) is 4.74 Å². The van der Waals surface area contributed by atoms with E-state index >= 15 is 0 Å². The Bertz CT molecular complexity index is 757. The fourth-order valence-electron chi connectivity index (χ4n) is 3.82. The van der Waals surface area contributed by atoms with E-state index in [0.29, 0.717) is 18.4 Å². The molecule has 2 amide bonds. The lowest BCUT2D eigenvalue weighted by molar-refractivity contribution is 0.0175. The minimum absolute atomic E-state index is 0.144. The van der Waals surface area contributed by atoms with Gasteiger partial charge < -0.3 is 15.4 Å². The Labute approximate surface area is 178 Å². The summed E-state index contributed by atoms with van der Waals surface area (Å²) in [6, 6.07) is 10.5. The highest BCUT2D eigenvalue weighted by atomic mass is 32.1. The second-order valence-electron chi connectivity index (χ2n) is 8.14. The Hall–Kier alpha value is -1.89. The minimum Gasteiger partial charge on any atom is -0.379 e. The molecule has 1 aliphatic heterocycles. The third-order valence-corrected chi connectivity index (χ3v) is 6.40. The van der Waals surface area contributed by atoms with Gasteiger partial charge in [0.25, 0.3) is 0 Å². The standard InChI is InChI=1S/C23H33N3O2S/c1-16(2)18-7-5-8-19(17(3)4)22(18)25-23(27)24-15-20(21-9-6-14-29-21)26-10-12-28-13-11-26/h5-9,14,16-17,20H,10-13,15H2,1-4H3,(H2,24,25,27)/t20-/m0/s1. The first-order valence-corrected chi connectivity index (χ1v) is 11.4. The van der Waals surface area contributed by atoms with Crippen LogP contribution in [-0.4, -0.2) is 43.8 Å². The van der Waals surface area contributed by atoms with Gasteiger partial charge in [-0.1, -0.05) is 52.0 Å². The van der Waals surface area contributed by atoms with Crippen LogP contribution in [0.1, 0.15) is 61.6 Å². The highest BCUT2D eigenvalue weighted by molar-refractivity contribution is 7.10. The average Bonchev–Trinajstić information content (AvgIpc) is 3.23. The number of hydrogen-bond acceptors (Lipinski definition) is 4. The number of ether oxygens (including phenoxy) is 1. The number of rotatable bonds is 7. The number of morpholine rings is 1. The molecule has 0 saturated carbocycles. The Morgan fingerprint density at radius 1 is 1.07 bits per heavy atom. The Morgan fingerprint density at radius 2 is 1.72 bits per heavy atom. The molecular formula is C23H33N3O2S. The quantitative estimate of drug-likeness (QED) is 0.654. The minimum atomic E-state index is -0.144. The van der Waals surface area contributed by atoms with Crippen LogP contribution in [0.3, 0.4) is 0 Å². The third kappa shape index (κ3) is 5.59. The monoisotopic (exact) mass is 415 g/mol. The van der Waals surface area contributed by atoms with Gasteiger partial charge >= 0.3 is 6.03 Å². The van der Waals surface area contributed by atoms with Gasteiger partial charge in [0.2, 0.25) is 0 Å². The molecule has 0 unspecified atom stereocenters. The van der Waals surface area contributed by atoms with Gasteiger partial charge in [-0.3, -0.25) is 4.90 Å². The maximum absolute atomic E-state index is 12.9. The molecule has 3 rings (SSSR count). The highest BCUT2D eigenvalue weighted by Gasteiger charge is 2.24. The molecule has 6 heteroatoms. The molecule has 1 fully saturated rings. The van der Waals surface area contributed by atoms with Crippen molar-refractivity contribution < 1.29 is 9.53 Å². The lowest BCUT2D eigenvalue weighted by Gasteiger charge is -2.34. The molecule has 0 spiro atoms. The van der Waals surface area contributed by atoms with Crippen molar-refractivity contribution in [2.45, 2.75) is 45.6 Å². The van der Waals surface area contributed by atoms with E-state index < -0.39 is 0 Å². The van der Waals surface area contributed by atoms with Crippen LogP contribution in [0.15, 0.2) is 35.7 Å². The summed E-state index contributed by atoms with van der Waals surface area (Å²) < 4.78 is 5.50. The molecule has 5 nitrogen and oxygen atoms in total. The Kier molecular flexibility index (Phi) is 7.70. The SMILES string of the molecule is CC(C)c1cccc(C(C)C)c1NC(=O)NC[C@@H](c1cccs1)N1CCOCC1. The molecule has 0 bridgehead atoms. The van der Waals surface area contributed by atoms with Crippen LogP contribution in [0, 0.1) is 0 Å². The van der Waals surface area contributed by atoms with Crippen LogP contribution in [0.4, 0.5) is 10.5 Å². The van der Waals surface area contributed by atoms with Crippen molar-refractivity contribution in [2.75, 3.05) is 38.2 Å². The van der Waals surface area contributed by atoms with Gasteiger partial charge in [-0.15, -0.1) is 11.3 Å².